The SMILES string of the molecule is CCn1nnnc1-c1cccc(NC(=O)c2c(C)cc(C)[nH]c2=O)c1. The van der Waals surface area contributed by atoms with Crippen LogP contribution in [0.4, 0.5) is 5.69 Å². The summed E-state index contributed by atoms with van der Waals surface area (Å²) >= 11 is 0. The first-order valence-electron chi connectivity index (χ1n) is 7.88. The van der Waals surface area contributed by atoms with E-state index in [1.165, 1.54) is 0 Å². The van der Waals surface area contributed by atoms with Gasteiger partial charge >= 0.3 is 0 Å². The lowest BCUT2D eigenvalue weighted by atomic mass is 10.1. The average Bonchev–Trinajstić information content (AvgIpc) is 3.02. The third-order valence-corrected chi connectivity index (χ3v) is 3.80. The van der Waals surface area contributed by atoms with Gasteiger partial charge < -0.3 is 10.3 Å². The third kappa shape index (κ3) is 3.32. The molecular weight excluding hydrogens is 320 g/mol. The van der Waals surface area contributed by atoms with Crippen molar-refractivity contribution in [3.63, 3.8) is 0 Å². The predicted octanol–water partition coefficient (Wildman–Crippen LogP) is 1.92. The predicted molar refractivity (Wildman–Crippen MR) is 93.4 cm³/mol. The van der Waals surface area contributed by atoms with E-state index >= 15 is 0 Å². The molecule has 3 rings (SSSR count). The van der Waals surface area contributed by atoms with Gasteiger partial charge in [-0.05, 0) is 55.0 Å². The Morgan fingerprint density at radius 1 is 1.28 bits per heavy atom. The van der Waals surface area contributed by atoms with E-state index in [0.717, 1.165) is 5.56 Å². The number of nitrogens with zero attached hydrogens (tertiary/aromatic N) is 4. The molecule has 0 bridgehead atoms. The summed E-state index contributed by atoms with van der Waals surface area (Å²) in [5, 5.41) is 14.3. The van der Waals surface area contributed by atoms with Crippen molar-refractivity contribution in [2.75, 3.05) is 5.32 Å². The van der Waals surface area contributed by atoms with Gasteiger partial charge in [0.1, 0.15) is 5.56 Å². The zero-order valence-corrected chi connectivity index (χ0v) is 14.2. The Hall–Kier alpha value is -3.29. The lowest BCUT2D eigenvalue weighted by Crippen LogP contribution is -2.25. The van der Waals surface area contributed by atoms with Crippen LogP contribution in [0, 0.1) is 13.8 Å². The fourth-order valence-electron chi connectivity index (χ4n) is 2.69. The highest BCUT2D eigenvalue weighted by Crippen LogP contribution is 2.20. The molecule has 3 aromatic rings. The van der Waals surface area contributed by atoms with Crippen LogP contribution in [0.15, 0.2) is 35.1 Å². The summed E-state index contributed by atoms with van der Waals surface area (Å²) in [4.78, 5) is 27.2. The normalized spacial score (nSPS) is 10.7. The Bertz CT molecular complexity index is 989. The van der Waals surface area contributed by atoms with Crippen molar-refractivity contribution in [2.45, 2.75) is 27.3 Å². The van der Waals surface area contributed by atoms with E-state index in [0.29, 0.717) is 29.3 Å². The zero-order valence-electron chi connectivity index (χ0n) is 14.2. The van der Waals surface area contributed by atoms with Crippen molar-refractivity contribution in [2.24, 2.45) is 0 Å². The minimum absolute atomic E-state index is 0.106. The molecule has 2 aromatic heterocycles. The molecule has 0 aliphatic carbocycles. The Balaban J connectivity index is 1.91. The quantitative estimate of drug-likeness (QED) is 0.756. The number of benzene rings is 1. The second-order valence-electron chi connectivity index (χ2n) is 5.69. The molecule has 1 aromatic carbocycles. The summed E-state index contributed by atoms with van der Waals surface area (Å²) in [5.74, 6) is 0.161. The zero-order chi connectivity index (χ0) is 18.0. The minimum atomic E-state index is -0.453. The molecule has 25 heavy (non-hydrogen) atoms. The molecule has 0 spiro atoms. The lowest BCUT2D eigenvalue weighted by molar-refractivity contribution is 0.102. The van der Waals surface area contributed by atoms with Gasteiger partial charge in [-0.25, -0.2) is 4.68 Å². The van der Waals surface area contributed by atoms with Gasteiger partial charge in [0.25, 0.3) is 11.5 Å². The van der Waals surface area contributed by atoms with Crippen LogP contribution in [0.25, 0.3) is 11.4 Å². The maximum Gasteiger partial charge on any atom is 0.261 e. The molecule has 0 unspecified atom stereocenters. The molecule has 8 heteroatoms. The number of anilines is 1. The Morgan fingerprint density at radius 3 is 2.80 bits per heavy atom. The van der Waals surface area contributed by atoms with Gasteiger partial charge in [-0.2, -0.15) is 0 Å². The summed E-state index contributed by atoms with van der Waals surface area (Å²) in [7, 11) is 0. The lowest BCUT2D eigenvalue weighted by Gasteiger charge is -2.09. The van der Waals surface area contributed by atoms with E-state index in [1.54, 1.807) is 42.8 Å². The average molecular weight is 338 g/mol. The van der Waals surface area contributed by atoms with Crippen molar-refractivity contribution in [3.8, 4) is 11.4 Å². The number of hydrogen-bond acceptors (Lipinski definition) is 5. The molecule has 0 saturated heterocycles. The number of amides is 1. The summed E-state index contributed by atoms with van der Waals surface area (Å²) in [5.41, 5.74) is 2.39. The molecule has 0 radical (unpaired) electrons. The fraction of sp³-hybridized carbons (Fsp3) is 0.235. The summed E-state index contributed by atoms with van der Waals surface area (Å²) in [6.45, 7) is 6.09. The standard InChI is InChI=1S/C17H18N6O2/c1-4-23-15(20-21-22-23)12-6-5-7-13(9-12)19-17(25)14-10(2)8-11(3)18-16(14)24/h5-9H,4H2,1-3H3,(H,18,24)(H,19,25). The number of carbonyl (C=O) groups is 1. The van der Waals surface area contributed by atoms with Crippen LogP contribution >= 0.6 is 0 Å². The van der Waals surface area contributed by atoms with E-state index < -0.39 is 11.5 Å². The molecule has 2 N–H and O–H groups in total. The number of aryl methyl sites for hydroxylation is 3. The maximum absolute atomic E-state index is 12.5. The molecule has 1 amide bonds. The molecule has 0 fully saturated rings. The number of H-pyrrole nitrogens is 1. The van der Waals surface area contributed by atoms with Gasteiger partial charge in [0.15, 0.2) is 5.82 Å². The largest absolute Gasteiger partial charge is 0.326 e. The highest BCUT2D eigenvalue weighted by Gasteiger charge is 2.15. The highest BCUT2D eigenvalue weighted by molar-refractivity contribution is 6.05. The molecule has 0 saturated carbocycles. The van der Waals surface area contributed by atoms with Gasteiger partial charge in [-0.15, -0.1) is 5.10 Å². The molecule has 0 aliphatic rings. The van der Waals surface area contributed by atoms with Gasteiger partial charge in [-0.3, -0.25) is 9.59 Å². The van der Waals surface area contributed by atoms with Crippen molar-refractivity contribution in [3.05, 3.63) is 57.5 Å². The van der Waals surface area contributed by atoms with Crippen molar-refractivity contribution >= 4 is 11.6 Å². The highest BCUT2D eigenvalue weighted by atomic mass is 16.2. The van der Waals surface area contributed by atoms with Crippen LogP contribution in [0.1, 0.15) is 28.5 Å². The van der Waals surface area contributed by atoms with Crippen LogP contribution in [-0.4, -0.2) is 31.1 Å². The number of carbonyl (C=O) groups excluding carboxylic acids is 1. The van der Waals surface area contributed by atoms with Crippen molar-refractivity contribution < 1.29 is 4.79 Å². The molecule has 0 atom stereocenters. The smallest absolute Gasteiger partial charge is 0.261 e. The monoisotopic (exact) mass is 338 g/mol. The summed E-state index contributed by atoms with van der Waals surface area (Å²) in [6.07, 6.45) is 0. The number of rotatable bonds is 4. The van der Waals surface area contributed by atoms with Crippen LogP contribution in [0.5, 0.6) is 0 Å². The Kier molecular flexibility index (Phi) is 4.42. The topological polar surface area (TPSA) is 106 Å². The van der Waals surface area contributed by atoms with Gasteiger partial charge in [0.2, 0.25) is 0 Å². The second kappa shape index (κ2) is 6.68. The first-order chi connectivity index (χ1) is 12.0. The van der Waals surface area contributed by atoms with E-state index in [9.17, 15) is 9.59 Å². The summed E-state index contributed by atoms with van der Waals surface area (Å²) < 4.78 is 1.66. The number of pyridine rings is 1. The minimum Gasteiger partial charge on any atom is -0.326 e. The van der Waals surface area contributed by atoms with Crippen molar-refractivity contribution in [1.82, 2.24) is 25.2 Å². The third-order valence-electron chi connectivity index (χ3n) is 3.80. The van der Waals surface area contributed by atoms with E-state index in [1.807, 2.05) is 13.0 Å². The van der Waals surface area contributed by atoms with E-state index in [-0.39, 0.29) is 5.56 Å². The number of tetrazole rings is 1. The van der Waals surface area contributed by atoms with Gasteiger partial charge in [0, 0.05) is 23.5 Å². The van der Waals surface area contributed by atoms with Crippen LogP contribution < -0.4 is 10.9 Å². The molecule has 8 nitrogen and oxygen atoms in total. The molecule has 0 aliphatic heterocycles. The number of aromatic nitrogens is 5. The number of hydrogen-bond donors (Lipinski definition) is 2. The molecule has 2 heterocycles. The van der Waals surface area contributed by atoms with Crippen LogP contribution in [0.3, 0.4) is 0 Å². The van der Waals surface area contributed by atoms with Gasteiger partial charge in [0.05, 0.1) is 0 Å². The van der Waals surface area contributed by atoms with Crippen molar-refractivity contribution in [1.29, 1.82) is 0 Å². The Morgan fingerprint density at radius 2 is 2.08 bits per heavy atom. The maximum atomic E-state index is 12.5. The first kappa shape index (κ1) is 16.6. The molecule has 128 valence electrons. The van der Waals surface area contributed by atoms with E-state index in [2.05, 4.69) is 25.8 Å². The second-order valence-corrected chi connectivity index (χ2v) is 5.69. The van der Waals surface area contributed by atoms with Crippen LogP contribution in [-0.2, 0) is 6.54 Å². The van der Waals surface area contributed by atoms with Crippen LogP contribution in [0.2, 0.25) is 0 Å². The van der Waals surface area contributed by atoms with E-state index in [4.69, 9.17) is 0 Å². The number of aromatic amines is 1. The fourth-order valence-corrected chi connectivity index (χ4v) is 2.69. The van der Waals surface area contributed by atoms with Gasteiger partial charge in [-0.1, -0.05) is 12.1 Å². The Labute approximate surface area is 143 Å². The molecular formula is C17H18N6O2. The summed E-state index contributed by atoms with van der Waals surface area (Å²) in [6, 6.07) is 8.94. The first-order valence-corrected chi connectivity index (χ1v) is 7.88. The number of nitrogens with one attached hydrogen (secondary N) is 2.